The number of ether oxygens (including phenoxy) is 8. The summed E-state index contributed by atoms with van der Waals surface area (Å²) in [6.07, 6.45) is -20.7. The average molecular weight is 919 g/mol. The molecule has 4 saturated carbocycles. The molecule has 9 aliphatic rings. The van der Waals surface area contributed by atoms with Gasteiger partial charge >= 0.3 is 0 Å². The van der Waals surface area contributed by atoms with E-state index in [1.54, 1.807) is 0 Å². The van der Waals surface area contributed by atoms with Crippen LogP contribution in [-0.4, -0.2) is 198 Å². The van der Waals surface area contributed by atoms with E-state index in [0.717, 1.165) is 38.5 Å². The highest BCUT2D eigenvalue weighted by molar-refractivity contribution is 5.19. The minimum Gasteiger partial charge on any atom is -0.394 e. The van der Waals surface area contributed by atoms with Crippen LogP contribution in [0.15, 0.2) is 0 Å². The van der Waals surface area contributed by atoms with Crippen molar-refractivity contribution in [3.05, 3.63) is 0 Å². The van der Waals surface area contributed by atoms with Crippen LogP contribution in [0.2, 0.25) is 0 Å². The summed E-state index contributed by atoms with van der Waals surface area (Å²) in [6, 6.07) is 0. The van der Waals surface area contributed by atoms with Gasteiger partial charge in [-0.1, -0.05) is 27.7 Å². The molecule has 5 heterocycles. The topological polar surface area (TPSA) is 296 Å². The van der Waals surface area contributed by atoms with Gasteiger partial charge in [-0.3, -0.25) is 0 Å². The Kier molecular flexibility index (Phi) is 13.3. The van der Waals surface area contributed by atoms with Gasteiger partial charge in [-0.2, -0.15) is 0 Å². The SMILES string of the molecule is C[C@@H]1CC[C@@]2(OC1)O[C@H]1C[C@H]3[C@@H]4CC[C@@]5(O)C[C@@H](O[C@H]6O[C@H](CO)[C@@H](O)[C@H](O[C@H]7O[C@H](CO)[C@@H](O)[C@H](O)[C@H]7O)[C@H]6O[C@@H]6O[C@@H](C)[C@H](O)[C@@H](O)[C@H]6O)[C@H](O)C[C@]5(C)[C@H]4CC[C@]3(C)[C@H]1[C@@H]2C. The molecule has 11 N–H and O–H groups in total. The minimum absolute atomic E-state index is 0.0127. The highest BCUT2D eigenvalue weighted by atomic mass is 16.8. The Labute approximate surface area is 373 Å². The first-order chi connectivity index (χ1) is 30.2. The molecule has 0 unspecified atom stereocenters. The summed E-state index contributed by atoms with van der Waals surface area (Å²) in [7, 11) is 0. The van der Waals surface area contributed by atoms with E-state index in [2.05, 4.69) is 27.7 Å². The van der Waals surface area contributed by atoms with Crippen LogP contribution in [0.4, 0.5) is 0 Å². The van der Waals surface area contributed by atoms with Crippen molar-refractivity contribution in [1.29, 1.82) is 0 Å². The Morgan fingerprint density at radius 3 is 1.94 bits per heavy atom. The van der Waals surface area contributed by atoms with E-state index in [4.69, 9.17) is 37.9 Å². The normalized spacial score (nSPS) is 59.8. The first-order valence-electron chi connectivity index (χ1n) is 23.8. The third-order valence-electron chi connectivity index (χ3n) is 18.4. The number of fused-ring (bicyclic) bond motifs is 7. The average Bonchev–Trinajstić information content (AvgIpc) is 3.71. The van der Waals surface area contributed by atoms with Gasteiger partial charge in [0.15, 0.2) is 24.7 Å². The summed E-state index contributed by atoms with van der Waals surface area (Å²) in [5.74, 6) is 1.42. The molecule has 9 rings (SSSR count). The quantitative estimate of drug-likeness (QED) is 0.122. The monoisotopic (exact) mass is 918 g/mol. The van der Waals surface area contributed by atoms with Crippen LogP contribution in [-0.2, 0) is 37.9 Å². The number of aliphatic hydroxyl groups excluding tert-OH is 10. The van der Waals surface area contributed by atoms with Gasteiger partial charge in [-0.05, 0) is 86.9 Å². The van der Waals surface area contributed by atoms with Crippen molar-refractivity contribution in [3.8, 4) is 0 Å². The Hall–Kier alpha value is -0.760. The maximum absolute atomic E-state index is 12.9. The zero-order chi connectivity index (χ0) is 46.0. The Bertz CT molecular complexity index is 1640. The zero-order valence-electron chi connectivity index (χ0n) is 37.5. The zero-order valence-corrected chi connectivity index (χ0v) is 37.5. The number of rotatable bonds is 8. The largest absolute Gasteiger partial charge is 0.394 e. The molecule has 9 fully saturated rings. The lowest BCUT2D eigenvalue weighted by atomic mass is 9.42. The third kappa shape index (κ3) is 7.58. The third-order valence-corrected chi connectivity index (χ3v) is 18.4. The van der Waals surface area contributed by atoms with Gasteiger partial charge in [0, 0.05) is 24.2 Å². The van der Waals surface area contributed by atoms with Crippen molar-refractivity contribution in [1.82, 2.24) is 0 Å². The molecule has 28 atom stereocenters. The molecular weight excluding hydrogens is 844 g/mol. The van der Waals surface area contributed by atoms with E-state index in [0.29, 0.717) is 36.7 Å². The van der Waals surface area contributed by atoms with Gasteiger partial charge in [0.05, 0.1) is 49.8 Å². The molecule has 4 aliphatic carbocycles. The lowest BCUT2D eigenvalue weighted by Gasteiger charge is -2.65. The number of aliphatic hydroxyl groups is 11. The summed E-state index contributed by atoms with van der Waals surface area (Å²) in [4.78, 5) is 0. The molecule has 64 heavy (non-hydrogen) atoms. The maximum atomic E-state index is 12.9. The van der Waals surface area contributed by atoms with Gasteiger partial charge in [0.2, 0.25) is 0 Å². The van der Waals surface area contributed by atoms with E-state index in [1.807, 2.05) is 0 Å². The second-order valence-corrected chi connectivity index (χ2v) is 21.8. The van der Waals surface area contributed by atoms with Crippen molar-refractivity contribution >= 4 is 0 Å². The molecule has 19 heteroatoms. The molecule has 5 aliphatic heterocycles. The van der Waals surface area contributed by atoms with E-state index < -0.39 is 134 Å². The summed E-state index contributed by atoms with van der Waals surface area (Å²) in [5, 5.41) is 121. The van der Waals surface area contributed by atoms with Crippen LogP contribution < -0.4 is 0 Å². The standard InChI is InChI=1S/C45H74O19/c1-18-6-11-45(57-17-18)19(2)29-25(64-45)12-23-21-7-10-44(56)14-26(24(48)13-43(44,5)22(21)8-9-42(23,29)4)59-41-38(63-39-35(54)33(52)30(49)20(3)58-39)37(32(51)28(16-47)61-41)62-40-36(55)34(53)31(50)27(15-46)60-40/h18-41,46-56H,6-17H2,1-5H3/t18-,19+,20+,21-,22+,23+,24-,25+,26-,27-,28-,29+,30+,31-,32-,33-,34+,35-,36-,37+,38-,39+,40-,41+,42+,43-,44-,45-/m1/s1. The Morgan fingerprint density at radius 1 is 0.625 bits per heavy atom. The lowest BCUT2D eigenvalue weighted by Crippen LogP contribution is -2.68. The van der Waals surface area contributed by atoms with Crippen molar-refractivity contribution in [2.24, 2.45) is 46.3 Å². The molecule has 368 valence electrons. The van der Waals surface area contributed by atoms with Crippen LogP contribution in [0.25, 0.3) is 0 Å². The molecular formula is C45H74O19. The molecule has 0 bridgehead atoms. The van der Waals surface area contributed by atoms with E-state index in [1.165, 1.54) is 6.92 Å². The molecule has 0 aromatic rings. The fourth-order valence-electron chi connectivity index (χ4n) is 14.6. The van der Waals surface area contributed by atoms with Gasteiger partial charge < -0.3 is 94.1 Å². The van der Waals surface area contributed by atoms with Gasteiger partial charge in [-0.15, -0.1) is 0 Å². The first-order valence-corrected chi connectivity index (χ1v) is 23.8. The van der Waals surface area contributed by atoms with E-state index >= 15 is 0 Å². The van der Waals surface area contributed by atoms with Crippen molar-refractivity contribution < 1.29 is 94.1 Å². The fourth-order valence-corrected chi connectivity index (χ4v) is 14.6. The lowest BCUT2D eigenvalue weighted by molar-refractivity contribution is -0.398. The first kappa shape index (κ1) is 48.3. The van der Waals surface area contributed by atoms with Crippen LogP contribution in [0.3, 0.4) is 0 Å². The van der Waals surface area contributed by atoms with Crippen molar-refractivity contribution in [2.75, 3.05) is 19.8 Å². The summed E-state index contributed by atoms with van der Waals surface area (Å²) in [5.41, 5.74) is -1.94. The van der Waals surface area contributed by atoms with Crippen molar-refractivity contribution in [2.45, 2.75) is 214 Å². The predicted molar refractivity (Wildman–Crippen MR) is 217 cm³/mol. The Balaban J connectivity index is 0.955. The van der Waals surface area contributed by atoms with Gasteiger partial charge in [-0.25, -0.2) is 0 Å². The summed E-state index contributed by atoms with van der Waals surface area (Å²) < 4.78 is 49.7. The summed E-state index contributed by atoms with van der Waals surface area (Å²) in [6.45, 7) is 9.65. The van der Waals surface area contributed by atoms with Crippen LogP contribution in [0, 0.1) is 46.3 Å². The maximum Gasteiger partial charge on any atom is 0.187 e. The minimum atomic E-state index is -1.92. The molecule has 19 nitrogen and oxygen atoms in total. The molecule has 0 amide bonds. The fraction of sp³-hybridized carbons (Fsp3) is 1.00. The molecule has 0 radical (unpaired) electrons. The van der Waals surface area contributed by atoms with Crippen LogP contribution in [0.1, 0.15) is 92.4 Å². The highest BCUT2D eigenvalue weighted by Crippen LogP contribution is 2.72. The van der Waals surface area contributed by atoms with Crippen molar-refractivity contribution in [3.63, 3.8) is 0 Å². The second-order valence-electron chi connectivity index (χ2n) is 21.8. The molecule has 1 spiro atoms. The molecule has 5 saturated heterocycles. The number of hydrogen-bond donors (Lipinski definition) is 11. The molecule has 0 aromatic heterocycles. The van der Waals surface area contributed by atoms with Gasteiger partial charge in [0.1, 0.15) is 67.1 Å². The predicted octanol–water partition coefficient (Wildman–Crippen LogP) is -1.62. The Morgan fingerprint density at radius 2 is 1.27 bits per heavy atom. The highest BCUT2D eigenvalue weighted by Gasteiger charge is 2.71. The van der Waals surface area contributed by atoms with Crippen LogP contribution >= 0.6 is 0 Å². The molecule has 0 aromatic carbocycles. The smallest absolute Gasteiger partial charge is 0.187 e. The van der Waals surface area contributed by atoms with E-state index in [9.17, 15) is 56.2 Å². The summed E-state index contributed by atoms with van der Waals surface area (Å²) >= 11 is 0. The second kappa shape index (κ2) is 17.6. The van der Waals surface area contributed by atoms with E-state index in [-0.39, 0.29) is 36.2 Å². The van der Waals surface area contributed by atoms with Gasteiger partial charge in [0.25, 0.3) is 0 Å². The van der Waals surface area contributed by atoms with Crippen LogP contribution in [0.5, 0.6) is 0 Å². The number of hydrogen-bond acceptors (Lipinski definition) is 19.